The average molecular weight is 1160 g/mol. The molecule has 6 heteroatoms. The maximum Gasteiger partial charge on any atom is 0.306 e. The highest BCUT2D eigenvalue weighted by atomic mass is 16.6. The molecule has 0 amide bonds. The van der Waals surface area contributed by atoms with Gasteiger partial charge in [-0.25, -0.2) is 0 Å². The molecule has 0 fully saturated rings. The van der Waals surface area contributed by atoms with Gasteiger partial charge < -0.3 is 14.2 Å². The Morgan fingerprint density at radius 1 is 0.241 bits per heavy atom. The maximum absolute atomic E-state index is 13.0. The van der Waals surface area contributed by atoms with Crippen molar-refractivity contribution in [1.82, 2.24) is 0 Å². The molecule has 0 saturated carbocycles. The quantitative estimate of drug-likeness (QED) is 0.0261. The summed E-state index contributed by atoms with van der Waals surface area (Å²) in [5.41, 5.74) is 0. The van der Waals surface area contributed by atoms with E-state index >= 15 is 0 Å². The summed E-state index contributed by atoms with van der Waals surface area (Å²) in [5, 5.41) is 0. The molecule has 0 aromatic carbocycles. The van der Waals surface area contributed by atoms with Gasteiger partial charge in [0.1, 0.15) is 13.2 Å². The number of unbranched alkanes of at least 4 members (excludes halogenated alkanes) is 47. The van der Waals surface area contributed by atoms with E-state index in [1.165, 1.54) is 270 Å². The summed E-state index contributed by atoms with van der Waals surface area (Å²) in [6.45, 7) is 6.68. The van der Waals surface area contributed by atoms with Crippen LogP contribution in [0, 0.1) is 0 Å². The minimum atomic E-state index is -0.784. The van der Waals surface area contributed by atoms with Crippen LogP contribution < -0.4 is 0 Å². The van der Waals surface area contributed by atoms with E-state index < -0.39 is 6.10 Å². The molecule has 484 valence electrons. The molecule has 0 heterocycles. The van der Waals surface area contributed by atoms with Crippen LogP contribution in [0.25, 0.3) is 0 Å². The fourth-order valence-corrected chi connectivity index (χ4v) is 10.9. The Hall–Kier alpha value is -2.89. The lowest BCUT2D eigenvalue weighted by atomic mass is 10.0. The highest BCUT2D eigenvalue weighted by molar-refractivity contribution is 5.71. The largest absolute Gasteiger partial charge is 0.462 e. The molecule has 0 saturated heterocycles. The zero-order valence-electron chi connectivity index (χ0n) is 55.7. The minimum absolute atomic E-state index is 0.0774. The monoisotopic (exact) mass is 1160 g/mol. The van der Waals surface area contributed by atoms with Crippen LogP contribution in [0.1, 0.15) is 393 Å². The number of allylic oxidation sites excluding steroid dienone is 10. The number of ether oxygens (including phenoxy) is 3. The summed E-state index contributed by atoms with van der Waals surface area (Å²) in [4.78, 5) is 38.5. The molecule has 0 aliphatic heterocycles. The number of hydrogen-bond acceptors (Lipinski definition) is 6. The van der Waals surface area contributed by atoms with Crippen LogP contribution in [0.4, 0.5) is 0 Å². The van der Waals surface area contributed by atoms with Crippen molar-refractivity contribution in [3.05, 3.63) is 60.8 Å². The maximum atomic E-state index is 13.0. The van der Waals surface area contributed by atoms with Crippen LogP contribution in [0.5, 0.6) is 0 Å². The second-order valence-corrected chi connectivity index (χ2v) is 24.8. The summed E-state index contributed by atoms with van der Waals surface area (Å²) in [5.74, 6) is -0.867. The van der Waals surface area contributed by atoms with Crippen molar-refractivity contribution in [2.75, 3.05) is 13.2 Å². The van der Waals surface area contributed by atoms with E-state index in [-0.39, 0.29) is 31.1 Å². The third-order valence-electron chi connectivity index (χ3n) is 16.5. The first kappa shape index (κ1) is 80.1. The standard InChI is InChI=1S/C77H140O6/c1-4-7-10-13-16-19-22-25-28-31-34-36-37-38-39-41-43-46-49-52-55-58-61-64-67-70-76(79)82-73-74(72-81-75(78)69-66-63-60-57-54-51-48-45-42-33-30-27-24-21-18-15-12-9-6-3)83-77(80)71-68-65-62-59-56-53-50-47-44-40-35-32-29-26-23-20-17-14-11-8-5-2/h23,26-27,30-32,34-35,44,47,74H,4-22,24-25,28-29,33,36-43,45-46,48-73H2,1-3H3/b26-23-,30-27-,34-31-,35-32-,47-44-. The van der Waals surface area contributed by atoms with E-state index in [2.05, 4.69) is 81.5 Å². The number of rotatable bonds is 68. The predicted octanol–water partition coefficient (Wildman–Crippen LogP) is 25.5. The van der Waals surface area contributed by atoms with Gasteiger partial charge in [0.25, 0.3) is 0 Å². The number of carbonyl (C=O) groups excluding carboxylic acids is 3. The molecule has 0 rings (SSSR count). The van der Waals surface area contributed by atoms with Gasteiger partial charge in [-0.05, 0) is 109 Å². The van der Waals surface area contributed by atoms with Crippen LogP contribution >= 0.6 is 0 Å². The average Bonchev–Trinajstić information content (AvgIpc) is 3.50. The highest BCUT2D eigenvalue weighted by Crippen LogP contribution is 2.18. The van der Waals surface area contributed by atoms with Crippen molar-refractivity contribution >= 4 is 17.9 Å². The predicted molar refractivity (Wildman–Crippen MR) is 362 cm³/mol. The summed E-state index contributed by atoms with van der Waals surface area (Å²) in [6.07, 6.45) is 92.5. The first-order valence-corrected chi connectivity index (χ1v) is 36.8. The first-order valence-electron chi connectivity index (χ1n) is 36.8. The summed E-state index contributed by atoms with van der Waals surface area (Å²) < 4.78 is 17.0. The minimum Gasteiger partial charge on any atom is -0.462 e. The smallest absolute Gasteiger partial charge is 0.306 e. The van der Waals surface area contributed by atoms with Crippen molar-refractivity contribution in [2.24, 2.45) is 0 Å². The third kappa shape index (κ3) is 69.8. The molecule has 6 nitrogen and oxygen atoms in total. The SMILES string of the molecule is CCCCCCC/C=C\C/C=C\C/C=C\CCCCCCCCC(=O)OC(COC(=O)CCCCCCCCCCC/C=C\CCCCCCCC)COC(=O)CCCCCCCCCCCCCCC/C=C\CCCCCCCCCC. The summed E-state index contributed by atoms with van der Waals surface area (Å²) in [6, 6.07) is 0. The second-order valence-electron chi connectivity index (χ2n) is 24.8. The van der Waals surface area contributed by atoms with Gasteiger partial charge in [-0.2, -0.15) is 0 Å². The zero-order valence-corrected chi connectivity index (χ0v) is 55.7. The van der Waals surface area contributed by atoms with Gasteiger partial charge in [0.2, 0.25) is 0 Å². The molecule has 1 unspecified atom stereocenters. The Bertz CT molecular complexity index is 1470. The van der Waals surface area contributed by atoms with E-state index in [9.17, 15) is 14.4 Å². The van der Waals surface area contributed by atoms with E-state index in [1.54, 1.807) is 0 Å². The Kier molecular flexibility index (Phi) is 69.1. The molecule has 0 aromatic rings. The zero-order chi connectivity index (χ0) is 59.9. The topological polar surface area (TPSA) is 78.9 Å². The van der Waals surface area contributed by atoms with Crippen molar-refractivity contribution in [2.45, 2.75) is 399 Å². The molecule has 0 aliphatic carbocycles. The second kappa shape index (κ2) is 71.6. The molecule has 1 atom stereocenters. The molecule has 0 spiro atoms. The first-order chi connectivity index (χ1) is 41.0. The lowest BCUT2D eigenvalue weighted by Crippen LogP contribution is -2.30. The third-order valence-corrected chi connectivity index (χ3v) is 16.5. The molecule has 0 N–H and O–H groups in total. The number of carbonyl (C=O) groups is 3. The van der Waals surface area contributed by atoms with Crippen LogP contribution in [0.2, 0.25) is 0 Å². The van der Waals surface area contributed by atoms with Crippen LogP contribution in [-0.2, 0) is 28.6 Å². The number of hydrogen-bond donors (Lipinski definition) is 0. The molecular weight excluding hydrogens is 1020 g/mol. The number of esters is 3. The van der Waals surface area contributed by atoms with Crippen LogP contribution in [0.3, 0.4) is 0 Å². The van der Waals surface area contributed by atoms with Crippen molar-refractivity contribution < 1.29 is 28.6 Å². The van der Waals surface area contributed by atoms with Gasteiger partial charge in [0, 0.05) is 19.3 Å². The van der Waals surface area contributed by atoms with Gasteiger partial charge in [0.15, 0.2) is 6.10 Å². The van der Waals surface area contributed by atoms with Crippen LogP contribution in [0.15, 0.2) is 60.8 Å². The molecule has 83 heavy (non-hydrogen) atoms. The normalized spacial score (nSPS) is 12.4. The Balaban J connectivity index is 4.35. The summed E-state index contributed by atoms with van der Waals surface area (Å²) >= 11 is 0. The summed E-state index contributed by atoms with van der Waals surface area (Å²) in [7, 11) is 0. The van der Waals surface area contributed by atoms with E-state index in [0.717, 1.165) is 83.5 Å². The Labute approximate surface area is 517 Å². The Morgan fingerprint density at radius 3 is 0.687 bits per heavy atom. The van der Waals surface area contributed by atoms with E-state index in [1.807, 2.05) is 0 Å². The van der Waals surface area contributed by atoms with Gasteiger partial charge >= 0.3 is 17.9 Å². The van der Waals surface area contributed by atoms with Gasteiger partial charge in [-0.3, -0.25) is 14.4 Å². The fraction of sp³-hybridized carbons (Fsp3) is 0.831. The van der Waals surface area contributed by atoms with Crippen molar-refractivity contribution in [3.8, 4) is 0 Å². The van der Waals surface area contributed by atoms with Crippen molar-refractivity contribution in [3.63, 3.8) is 0 Å². The van der Waals surface area contributed by atoms with Gasteiger partial charge in [-0.1, -0.05) is 326 Å². The lowest BCUT2D eigenvalue weighted by Gasteiger charge is -2.18. The molecular formula is C77H140O6. The fourth-order valence-electron chi connectivity index (χ4n) is 10.9. The van der Waals surface area contributed by atoms with E-state index in [4.69, 9.17) is 14.2 Å². The van der Waals surface area contributed by atoms with Crippen LogP contribution in [-0.4, -0.2) is 37.2 Å². The van der Waals surface area contributed by atoms with Crippen molar-refractivity contribution in [1.29, 1.82) is 0 Å². The lowest BCUT2D eigenvalue weighted by molar-refractivity contribution is -0.167. The van der Waals surface area contributed by atoms with Gasteiger partial charge in [-0.15, -0.1) is 0 Å². The highest BCUT2D eigenvalue weighted by Gasteiger charge is 2.19. The molecule has 0 aliphatic rings. The molecule has 0 bridgehead atoms. The van der Waals surface area contributed by atoms with Gasteiger partial charge in [0.05, 0.1) is 0 Å². The molecule has 0 aromatic heterocycles. The van der Waals surface area contributed by atoms with E-state index in [0.29, 0.717) is 19.3 Å². The molecule has 0 radical (unpaired) electrons. The Morgan fingerprint density at radius 2 is 0.434 bits per heavy atom.